The number of benzene rings is 2. The summed E-state index contributed by atoms with van der Waals surface area (Å²) in [6.07, 6.45) is 0.0105. The fourth-order valence-electron chi connectivity index (χ4n) is 3.54. The molecule has 0 spiro atoms. The molecular formula is C21H16F2N6O4S. The Kier molecular flexibility index (Phi) is 5.91. The van der Waals surface area contributed by atoms with E-state index in [9.17, 15) is 32.5 Å². The van der Waals surface area contributed by atoms with Gasteiger partial charge in [0.15, 0.2) is 11.6 Å². The molecule has 1 N–H and O–H groups in total. The van der Waals surface area contributed by atoms with Gasteiger partial charge in [-0.1, -0.05) is 0 Å². The molecule has 0 aliphatic carbocycles. The second kappa shape index (κ2) is 8.70. The summed E-state index contributed by atoms with van der Waals surface area (Å²) in [5.74, 6) is -1.88. The van der Waals surface area contributed by atoms with Crippen molar-refractivity contribution in [2.75, 3.05) is 17.8 Å². The maximum atomic E-state index is 14.7. The lowest BCUT2D eigenvalue weighted by molar-refractivity contribution is 0.343. The standard InChI is InChI=1S/C21H16F2N6O4S/c1-28-11-26-17-4-5-18(14(9-25)19(17)21(28)30)33-20-13(8-24)16(3-2-15(20)23)27-34(31,32)29-7-6-12(22)10-29/h2-5,11-12,27H,6-7,10H2,1H3/t12-/m1/s1. The van der Waals surface area contributed by atoms with E-state index < -0.39 is 39.1 Å². The van der Waals surface area contributed by atoms with Crippen LogP contribution >= 0.6 is 0 Å². The number of nitrogens with one attached hydrogen (secondary N) is 1. The van der Waals surface area contributed by atoms with Crippen molar-refractivity contribution in [1.29, 1.82) is 10.5 Å². The number of fused-ring (bicyclic) bond motifs is 1. The Morgan fingerprint density at radius 2 is 1.94 bits per heavy atom. The van der Waals surface area contributed by atoms with Crippen LogP contribution in [-0.4, -0.2) is 41.5 Å². The quantitative estimate of drug-likeness (QED) is 0.583. The Hall–Kier alpha value is -4.07. The number of rotatable bonds is 5. The third-order valence-electron chi connectivity index (χ3n) is 5.27. The lowest BCUT2D eigenvalue weighted by Crippen LogP contribution is -2.34. The first-order valence-electron chi connectivity index (χ1n) is 9.87. The van der Waals surface area contributed by atoms with Gasteiger partial charge in [0, 0.05) is 20.1 Å². The summed E-state index contributed by atoms with van der Waals surface area (Å²) in [7, 11) is -2.78. The van der Waals surface area contributed by atoms with Crippen LogP contribution in [-0.2, 0) is 17.3 Å². The molecule has 0 radical (unpaired) electrons. The van der Waals surface area contributed by atoms with E-state index in [1.165, 1.54) is 25.5 Å². The van der Waals surface area contributed by atoms with Gasteiger partial charge >= 0.3 is 10.2 Å². The molecule has 0 bridgehead atoms. The van der Waals surface area contributed by atoms with Gasteiger partial charge in [-0.05, 0) is 30.7 Å². The van der Waals surface area contributed by atoms with Crippen molar-refractivity contribution >= 4 is 26.8 Å². The highest BCUT2D eigenvalue weighted by Crippen LogP contribution is 2.36. The highest BCUT2D eigenvalue weighted by atomic mass is 32.2. The van der Waals surface area contributed by atoms with Gasteiger partial charge in [-0.25, -0.2) is 13.8 Å². The van der Waals surface area contributed by atoms with Gasteiger partial charge in [0.1, 0.15) is 35.2 Å². The minimum Gasteiger partial charge on any atom is -0.451 e. The Labute approximate surface area is 192 Å². The largest absolute Gasteiger partial charge is 0.451 e. The van der Waals surface area contributed by atoms with E-state index in [1.807, 2.05) is 6.07 Å². The molecule has 0 amide bonds. The molecule has 1 atom stereocenters. The third kappa shape index (κ3) is 4.03. The van der Waals surface area contributed by atoms with E-state index in [1.54, 1.807) is 6.07 Å². The Bertz CT molecular complexity index is 1560. The van der Waals surface area contributed by atoms with Gasteiger partial charge in [0.05, 0.1) is 22.9 Å². The molecule has 3 aromatic rings. The molecule has 1 aliphatic rings. The van der Waals surface area contributed by atoms with Crippen LogP contribution in [0.5, 0.6) is 11.5 Å². The molecule has 13 heteroatoms. The number of hydrogen-bond acceptors (Lipinski definition) is 7. The van der Waals surface area contributed by atoms with Gasteiger partial charge in [0.2, 0.25) is 0 Å². The van der Waals surface area contributed by atoms with Crippen LogP contribution in [0.2, 0.25) is 0 Å². The molecule has 1 aromatic heterocycles. The Morgan fingerprint density at radius 1 is 1.21 bits per heavy atom. The van der Waals surface area contributed by atoms with E-state index in [0.717, 1.165) is 21.0 Å². The van der Waals surface area contributed by atoms with Crippen LogP contribution in [0.25, 0.3) is 10.9 Å². The number of anilines is 1. The van der Waals surface area contributed by atoms with Crippen molar-refractivity contribution in [3.05, 3.63) is 57.9 Å². The zero-order valence-electron chi connectivity index (χ0n) is 17.6. The average Bonchev–Trinajstić information content (AvgIpc) is 3.25. The second-order valence-corrected chi connectivity index (χ2v) is 9.14. The number of alkyl halides is 1. The maximum absolute atomic E-state index is 14.7. The molecule has 0 saturated carbocycles. The van der Waals surface area contributed by atoms with E-state index in [0.29, 0.717) is 0 Å². The SMILES string of the molecule is Cn1cnc2ccc(Oc3c(F)ccc(NS(=O)(=O)N4CC[C@@H](F)C4)c3C#N)c(C#N)c2c1=O. The van der Waals surface area contributed by atoms with Gasteiger partial charge in [-0.2, -0.15) is 23.2 Å². The van der Waals surface area contributed by atoms with Crippen LogP contribution in [0.3, 0.4) is 0 Å². The predicted molar refractivity (Wildman–Crippen MR) is 117 cm³/mol. The van der Waals surface area contributed by atoms with E-state index >= 15 is 0 Å². The number of aryl methyl sites for hydroxylation is 1. The predicted octanol–water partition coefficient (Wildman–Crippen LogP) is 2.31. The van der Waals surface area contributed by atoms with Gasteiger partial charge in [-0.15, -0.1) is 0 Å². The molecule has 174 valence electrons. The topological polar surface area (TPSA) is 141 Å². The summed E-state index contributed by atoms with van der Waals surface area (Å²) in [6, 6.07) is 8.13. The second-order valence-electron chi connectivity index (χ2n) is 7.47. The number of nitrogens with zero attached hydrogens (tertiary/aromatic N) is 5. The summed E-state index contributed by atoms with van der Waals surface area (Å²) >= 11 is 0. The molecule has 0 unspecified atom stereocenters. The van der Waals surface area contributed by atoms with Crippen molar-refractivity contribution in [2.45, 2.75) is 12.6 Å². The molecule has 2 aromatic carbocycles. The van der Waals surface area contributed by atoms with E-state index in [2.05, 4.69) is 9.71 Å². The molecule has 1 fully saturated rings. The van der Waals surface area contributed by atoms with Crippen molar-refractivity contribution in [3.63, 3.8) is 0 Å². The molecule has 10 nitrogen and oxygen atoms in total. The average molecular weight is 486 g/mol. The molecular weight excluding hydrogens is 470 g/mol. The van der Waals surface area contributed by atoms with Crippen LogP contribution < -0.4 is 15.0 Å². The monoisotopic (exact) mass is 486 g/mol. The number of hydrogen-bond donors (Lipinski definition) is 1. The summed E-state index contributed by atoms with van der Waals surface area (Å²) in [5, 5.41) is 19.3. The van der Waals surface area contributed by atoms with Crippen molar-refractivity contribution in [2.24, 2.45) is 7.05 Å². The molecule has 1 aliphatic heterocycles. The van der Waals surface area contributed by atoms with Gasteiger partial charge in [0.25, 0.3) is 5.56 Å². The summed E-state index contributed by atoms with van der Waals surface area (Å²) < 4.78 is 63.1. The fourth-order valence-corrected chi connectivity index (χ4v) is 4.82. The molecule has 1 saturated heterocycles. The van der Waals surface area contributed by atoms with E-state index in [4.69, 9.17) is 4.74 Å². The number of halogens is 2. The first kappa shape index (κ1) is 23.1. The highest BCUT2D eigenvalue weighted by molar-refractivity contribution is 7.90. The molecule has 34 heavy (non-hydrogen) atoms. The van der Waals surface area contributed by atoms with Crippen LogP contribution in [0.1, 0.15) is 17.5 Å². The zero-order valence-corrected chi connectivity index (χ0v) is 18.4. The first-order chi connectivity index (χ1) is 16.2. The minimum absolute atomic E-state index is 0.0387. The molecule has 4 rings (SSSR count). The highest BCUT2D eigenvalue weighted by Gasteiger charge is 2.32. The van der Waals surface area contributed by atoms with Crippen LogP contribution in [0.4, 0.5) is 14.5 Å². The van der Waals surface area contributed by atoms with Crippen LogP contribution in [0.15, 0.2) is 35.4 Å². The number of nitriles is 2. The number of ether oxygens (including phenoxy) is 1. The minimum atomic E-state index is -4.22. The zero-order chi connectivity index (χ0) is 24.6. The molecule has 2 heterocycles. The Morgan fingerprint density at radius 3 is 2.59 bits per heavy atom. The maximum Gasteiger partial charge on any atom is 0.301 e. The third-order valence-corrected chi connectivity index (χ3v) is 6.76. The van der Waals surface area contributed by atoms with Crippen LogP contribution in [0, 0.1) is 28.5 Å². The number of aromatic nitrogens is 2. The summed E-state index contributed by atoms with van der Waals surface area (Å²) in [4.78, 5) is 16.6. The lowest BCUT2D eigenvalue weighted by Gasteiger charge is -2.19. The Balaban J connectivity index is 1.79. The van der Waals surface area contributed by atoms with Crippen molar-refractivity contribution in [3.8, 4) is 23.6 Å². The fraction of sp³-hybridized carbons (Fsp3) is 0.238. The summed E-state index contributed by atoms with van der Waals surface area (Å²) in [5.41, 5.74) is -1.34. The van der Waals surface area contributed by atoms with Gasteiger partial charge in [-0.3, -0.25) is 9.52 Å². The van der Waals surface area contributed by atoms with Crippen molar-refractivity contribution in [1.82, 2.24) is 13.9 Å². The smallest absolute Gasteiger partial charge is 0.301 e. The normalized spacial score (nSPS) is 16.2. The summed E-state index contributed by atoms with van der Waals surface area (Å²) in [6.45, 7) is -0.387. The van der Waals surface area contributed by atoms with E-state index in [-0.39, 0.29) is 47.4 Å². The van der Waals surface area contributed by atoms with Crippen molar-refractivity contribution < 1.29 is 21.9 Å². The van der Waals surface area contributed by atoms with Gasteiger partial charge < -0.3 is 9.30 Å². The lowest BCUT2D eigenvalue weighted by atomic mass is 10.1. The first-order valence-corrected chi connectivity index (χ1v) is 11.3.